The summed E-state index contributed by atoms with van der Waals surface area (Å²) in [6.07, 6.45) is 3.52. The van der Waals surface area contributed by atoms with Crippen molar-refractivity contribution in [3.63, 3.8) is 0 Å². The Bertz CT molecular complexity index is 284. The molecule has 16 heavy (non-hydrogen) atoms. The van der Waals surface area contributed by atoms with E-state index in [9.17, 15) is 0 Å². The number of unbranched alkanes of at least 4 members (excludes halogenated alkanes) is 1. The summed E-state index contributed by atoms with van der Waals surface area (Å²) in [6.45, 7) is 4.37. The van der Waals surface area contributed by atoms with Crippen molar-refractivity contribution in [1.82, 2.24) is 5.43 Å². The van der Waals surface area contributed by atoms with Crippen LogP contribution in [0.5, 0.6) is 0 Å². The zero-order chi connectivity index (χ0) is 11.8. The highest BCUT2D eigenvalue weighted by atomic mass is 32.2. The van der Waals surface area contributed by atoms with E-state index >= 15 is 0 Å². The number of benzene rings is 1. The molecule has 1 rings (SSSR count). The lowest BCUT2D eigenvalue weighted by atomic mass is 10.0. The zero-order valence-corrected chi connectivity index (χ0v) is 11.0. The van der Waals surface area contributed by atoms with Crippen LogP contribution in [0.15, 0.2) is 29.2 Å². The normalized spacial score (nSPS) is 12.7. The maximum absolute atomic E-state index is 5.59. The van der Waals surface area contributed by atoms with Crippen molar-refractivity contribution in [2.45, 2.75) is 44.0 Å². The molecule has 0 aromatic heterocycles. The number of nitrogens with one attached hydrogen (secondary N) is 1. The van der Waals surface area contributed by atoms with Crippen LogP contribution in [-0.4, -0.2) is 5.75 Å². The van der Waals surface area contributed by atoms with Gasteiger partial charge in [0.2, 0.25) is 0 Å². The smallest absolute Gasteiger partial charge is 0.0460 e. The molecule has 1 atom stereocenters. The fourth-order valence-corrected chi connectivity index (χ4v) is 2.38. The number of hydrazine groups is 1. The molecule has 3 heteroatoms. The molecule has 0 fully saturated rings. The number of rotatable bonds is 7. The van der Waals surface area contributed by atoms with Crippen LogP contribution < -0.4 is 11.3 Å². The predicted molar refractivity (Wildman–Crippen MR) is 72.4 cm³/mol. The summed E-state index contributed by atoms with van der Waals surface area (Å²) < 4.78 is 0. The van der Waals surface area contributed by atoms with E-state index in [1.807, 2.05) is 11.8 Å². The minimum Gasteiger partial charge on any atom is -0.271 e. The van der Waals surface area contributed by atoms with Crippen LogP contribution in [0.3, 0.4) is 0 Å². The number of hydrogen-bond acceptors (Lipinski definition) is 3. The molecule has 0 aliphatic carbocycles. The van der Waals surface area contributed by atoms with Gasteiger partial charge in [0.15, 0.2) is 0 Å². The summed E-state index contributed by atoms with van der Waals surface area (Å²) in [7, 11) is 0. The van der Waals surface area contributed by atoms with E-state index in [0.717, 1.165) is 12.2 Å². The molecule has 0 heterocycles. The average Bonchev–Trinajstić information content (AvgIpc) is 2.32. The number of nitrogens with two attached hydrogens (primary N) is 1. The van der Waals surface area contributed by atoms with Crippen molar-refractivity contribution < 1.29 is 0 Å². The number of hydrogen-bond donors (Lipinski definition) is 2. The number of thioether (sulfide) groups is 1. The Morgan fingerprint density at radius 2 is 1.94 bits per heavy atom. The first kappa shape index (κ1) is 13.6. The second kappa shape index (κ2) is 7.71. The molecule has 90 valence electrons. The van der Waals surface area contributed by atoms with Crippen LogP contribution in [-0.2, 0) is 0 Å². The Kier molecular flexibility index (Phi) is 6.53. The summed E-state index contributed by atoms with van der Waals surface area (Å²) in [5, 5.41) is 0. The lowest BCUT2D eigenvalue weighted by Gasteiger charge is -2.16. The van der Waals surface area contributed by atoms with Gasteiger partial charge in [-0.1, -0.05) is 38.8 Å². The highest BCUT2D eigenvalue weighted by Crippen LogP contribution is 2.23. The van der Waals surface area contributed by atoms with Gasteiger partial charge in [-0.3, -0.25) is 11.3 Å². The van der Waals surface area contributed by atoms with Gasteiger partial charge in [-0.15, -0.1) is 11.8 Å². The van der Waals surface area contributed by atoms with Crippen LogP contribution in [0.2, 0.25) is 0 Å². The van der Waals surface area contributed by atoms with Crippen molar-refractivity contribution in [2.24, 2.45) is 5.84 Å². The fraction of sp³-hybridized carbons (Fsp3) is 0.538. The molecule has 3 N–H and O–H groups in total. The second-order valence-corrected chi connectivity index (χ2v) is 5.20. The fourth-order valence-electron chi connectivity index (χ4n) is 1.72. The second-order valence-electron chi connectivity index (χ2n) is 3.86. The van der Waals surface area contributed by atoms with Crippen LogP contribution in [0.4, 0.5) is 0 Å². The van der Waals surface area contributed by atoms with Gasteiger partial charge < -0.3 is 0 Å². The van der Waals surface area contributed by atoms with E-state index in [4.69, 9.17) is 5.84 Å². The zero-order valence-electron chi connectivity index (χ0n) is 10.2. The minimum absolute atomic E-state index is 0.292. The van der Waals surface area contributed by atoms with Crippen LogP contribution >= 0.6 is 11.8 Å². The first-order valence-corrected chi connectivity index (χ1v) is 6.99. The summed E-state index contributed by atoms with van der Waals surface area (Å²) in [4.78, 5) is 1.33. The maximum atomic E-state index is 5.59. The Labute approximate surface area is 103 Å². The van der Waals surface area contributed by atoms with E-state index in [0.29, 0.717) is 6.04 Å². The summed E-state index contributed by atoms with van der Waals surface area (Å²) >= 11 is 1.87. The quantitative estimate of drug-likeness (QED) is 0.434. The molecule has 0 spiro atoms. The first-order chi connectivity index (χ1) is 7.81. The SMILES string of the molecule is CCCCC(NN)c1ccc(SCC)cc1. The molecule has 0 bridgehead atoms. The molecular formula is C13H22N2S. The van der Waals surface area contributed by atoms with Gasteiger partial charge in [-0.05, 0) is 29.9 Å². The van der Waals surface area contributed by atoms with E-state index in [1.54, 1.807) is 0 Å². The van der Waals surface area contributed by atoms with E-state index < -0.39 is 0 Å². The maximum Gasteiger partial charge on any atom is 0.0460 e. The Hall–Kier alpha value is -0.510. The predicted octanol–water partition coefficient (Wildman–Crippen LogP) is 3.49. The Balaban J connectivity index is 2.62. The third-order valence-corrected chi connectivity index (χ3v) is 3.54. The topological polar surface area (TPSA) is 38.0 Å². The third-order valence-electron chi connectivity index (χ3n) is 2.64. The van der Waals surface area contributed by atoms with Gasteiger partial charge in [0, 0.05) is 10.9 Å². The molecule has 2 nitrogen and oxygen atoms in total. The molecule has 1 aromatic carbocycles. The van der Waals surface area contributed by atoms with Gasteiger partial charge in [0.25, 0.3) is 0 Å². The van der Waals surface area contributed by atoms with Gasteiger partial charge in [0.05, 0.1) is 0 Å². The lowest BCUT2D eigenvalue weighted by molar-refractivity contribution is 0.495. The molecule has 1 aromatic rings. The van der Waals surface area contributed by atoms with Crippen molar-refractivity contribution in [3.05, 3.63) is 29.8 Å². The molecule has 1 unspecified atom stereocenters. The van der Waals surface area contributed by atoms with Gasteiger partial charge in [-0.2, -0.15) is 0 Å². The molecule has 0 radical (unpaired) electrons. The van der Waals surface area contributed by atoms with E-state index in [1.165, 1.54) is 23.3 Å². The Morgan fingerprint density at radius 3 is 2.44 bits per heavy atom. The van der Waals surface area contributed by atoms with Crippen molar-refractivity contribution >= 4 is 11.8 Å². The highest BCUT2D eigenvalue weighted by molar-refractivity contribution is 7.99. The average molecular weight is 238 g/mol. The van der Waals surface area contributed by atoms with Crippen molar-refractivity contribution in [2.75, 3.05) is 5.75 Å². The molecule has 0 aliphatic heterocycles. The van der Waals surface area contributed by atoms with E-state index in [-0.39, 0.29) is 0 Å². The molecule has 0 aliphatic rings. The molecule has 0 saturated heterocycles. The van der Waals surface area contributed by atoms with Gasteiger partial charge in [-0.25, -0.2) is 0 Å². The standard InChI is InChI=1S/C13H22N2S/c1-3-5-6-13(15-14)11-7-9-12(10-8-11)16-4-2/h7-10,13,15H,3-6,14H2,1-2H3. The first-order valence-electron chi connectivity index (χ1n) is 6.00. The van der Waals surface area contributed by atoms with E-state index in [2.05, 4.69) is 43.5 Å². The van der Waals surface area contributed by atoms with Crippen LogP contribution in [0, 0.1) is 0 Å². The summed E-state index contributed by atoms with van der Waals surface area (Å²) in [5.41, 5.74) is 4.19. The third kappa shape index (κ3) is 4.16. The lowest BCUT2D eigenvalue weighted by Crippen LogP contribution is -2.27. The highest BCUT2D eigenvalue weighted by Gasteiger charge is 2.08. The largest absolute Gasteiger partial charge is 0.271 e. The molecular weight excluding hydrogens is 216 g/mol. The van der Waals surface area contributed by atoms with Crippen LogP contribution in [0.25, 0.3) is 0 Å². The van der Waals surface area contributed by atoms with Crippen LogP contribution in [0.1, 0.15) is 44.7 Å². The minimum atomic E-state index is 0.292. The summed E-state index contributed by atoms with van der Waals surface area (Å²) in [6, 6.07) is 9.01. The van der Waals surface area contributed by atoms with Gasteiger partial charge >= 0.3 is 0 Å². The van der Waals surface area contributed by atoms with Gasteiger partial charge in [0.1, 0.15) is 0 Å². The summed E-state index contributed by atoms with van der Waals surface area (Å²) in [5.74, 6) is 6.71. The van der Waals surface area contributed by atoms with Crippen molar-refractivity contribution in [3.8, 4) is 0 Å². The molecule has 0 amide bonds. The van der Waals surface area contributed by atoms with Crippen molar-refractivity contribution in [1.29, 1.82) is 0 Å². The Morgan fingerprint density at radius 1 is 1.25 bits per heavy atom. The molecule has 0 saturated carbocycles. The monoisotopic (exact) mass is 238 g/mol.